The first-order valence-corrected chi connectivity index (χ1v) is 7.34. The second-order valence-corrected chi connectivity index (χ2v) is 6.06. The lowest BCUT2D eigenvalue weighted by molar-refractivity contribution is -0.170. The van der Waals surface area contributed by atoms with Crippen molar-refractivity contribution in [3.05, 3.63) is 0 Å². The molecule has 2 unspecified atom stereocenters. The minimum Gasteiger partial charge on any atom is -0.376 e. The lowest BCUT2D eigenvalue weighted by Gasteiger charge is -2.49. The summed E-state index contributed by atoms with van der Waals surface area (Å²) in [4.78, 5) is 11.9. The van der Waals surface area contributed by atoms with Crippen LogP contribution >= 0.6 is 0 Å². The van der Waals surface area contributed by atoms with Crippen LogP contribution in [0, 0.1) is 11.3 Å². The van der Waals surface area contributed by atoms with E-state index >= 15 is 0 Å². The molecule has 0 saturated heterocycles. The van der Waals surface area contributed by atoms with E-state index in [1.54, 1.807) is 0 Å². The molecular weight excluding hydrogens is 212 g/mol. The fourth-order valence-electron chi connectivity index (χ4n) is 3.47. The first kappa shape index (κ1) is 13.1. The van der Waals surface area contributed by atoms with Crippen LogP contribution in [0.15, 0.2) is 0 Å². The highest BCUT2D eigenvalue weighted by atomic mass is 16.5. The molecule has 0 amide bonds. The number of carbonyl (C=O) groups is 1. The standard InChI is InChI=1S/C15H26O2/c1-3-7-12(2)11-17-14-10-13(16)15(14)8-5-4-6-9-15/h12,14H,3-11H2,1-2H3. The number of rotatable bonds is 5. The zero-order valence-corrected chi connectivity index (χ0v) is 11.3. The quantitative estimate of drug-likeness (QED) is 0.729. The molecule has 17 heavy (non-hydrogen) atoms. The van der Waals surface area contributed by atoms with Crippen molar-refractivity contribution < 1.29 is 9.53 Å². The van der Waals surface area contributed by atoms with Crippen LogP contribution in [0.25, 0.3) is 0 Å². The number of hydrogen-bond acceptors (Lipinski definition) is 2. The van der Waals surface area contributed by atoms with Crippen molar-refractivity contribution in [1.82, 2.24) is 0 Å². The summed E-state index contributed by atoms with van der Waals surface area (Å²) in [5.74, 6) is 1.11. The Morgan fingerprint density at radius 3 is 2.65 bits per heavy atom. The zero-order chi connectivity index (χ0) is 12.3. The van der Waals surface area contributed by atoms with Gasteiger partial charge in [0, 0.05) is 13.0 Å². The predicted molar refractivity (Wildman–Crippen MR) is 69.0 cm³/mol. The first-order chi connectivity index (χ1) is 8.19. The molecule has 0 bridgehead atoms. The number of ketones is 1. The molecular formula is C15H26O2. The number of hydrogen-bond donors (Lipinski definition) is 0. The molecule has 2 fully saturated rings. The molecule has 0 N–H and O–H groups in total. The fourth-order valence-corrected chi connectivity index (χ4v) is 3.47. The van der Waals surface area contributed by atoms with E-state index in [0.717, 1.165) is 19.4 Å². The van der Waals surface area contributed by atoms with Crippen molar-refractivity contribution in [1.29, 1.82) is 0 Å². The molecule has 2 atom stereocenters. The third kappa shape index (κ3) is 2.57. The highest BCUT2D eigenvalue weighted by molar-refractivity contribution is 5.92. The Hall–Kier alpha value is -0.370. The minimum absolute atomic E-state index is 0.0514. The molecule has 2 aliphatic carbocycles. The topological polar surface area (TPSA) is 26.3 Å². The summed E-state index contributed by atoms with van der Waals surface area (Å²) in [6.07, 6.45) is 9.28. The summed E-state index contributed by atoms with van der Waals surface area (Å²) in [5.41, 5.74) is -0.0514. The van der Waals surface area contributed by atoms with E-state index in [2.05, 4.69) is 13.8 Å². The van der Waals surface area contributed by atoms with Crippen LogP contribution in [0.3, 0.4) is 0 Å². The van der Waals surface area contributed by atoms with E-state index in [9.17, 15) is 4.79 Å². The van der Waals surface area contributed by atoms with Crippen LogP contribution in [0.4, 0.5) is 0 Å². The van der Waals surface area contributed by atoms with Gasteiger partial charge < -0.3 is 4.74 Å². The van der Waals surface area contributed by atoms with E-state index in [4.69, 9.17) is 4.74 Å². The van der Waals surface area contributed by atoms with E-state index in [1.807, 2.05) is 0 Å². The van der Waals surface area contributed by atoms with Gasteiger partial charge in [0.2, 0.25) is 0 Å². The Bertz CT molecular complexity index is 266. The van der Waals surface area contributed by atoms with Crippen molar-refractivity contribution in [2.24, 2.45) is 11.3 Å². The smallest absolute Gasteiger partial charge is 0.144 e. The lowest BCUT2D eigenvalue weighted by atomic mass is 9.57. The molecule has 0 aromatic rings. The Kier molecular flexibility index (Phi) is 4.24. The highest BCUT2D eigenvalue weighted by Crippen LogP contribution is 2.50. The number of ether oxygens (including phenoxy) is 1. The van der Waals surface area contributed by atoms with Gasteiger partial charge in [-0.1, -0.05) is 39.5 Å². The maximum Gasteiger partial charge on any atom is 0.144 e. The number of Topliss-reactive ketones (excluding diaryl/α,β-unsaturated/α-hetero) is 1. The summed E-state index contributed by atoms with van der Waals surface area (Å²) in [6, 6.07) is 0. The molecule has 1 spiro atoms. The van der Waals surface area contributed by atoms with E-state index in [-0.39, 0.29) is 11.5 Å². The Morgan fingerprint density at radius 2 is 2.06 bits per heavy atom. The molecule has 2 saturated carbocycles. The molecule has 98 valence electrons. The van der Waals surface area contributed by atoms with Crippen LogP contribution in [0.2, 0.25) is 0 Å². The minimum atomic E-state index is -0.0514. The van der Waals surface area contributed by atoms with Gasteiger partial charge in [-0.15, -0.1) is 0 Å². The van der Waals surface area contributed by atoms with Crippen molar-refractivity contribution in [2.75, 3.05) is 6.61 Å². The van der Waals surface area contributed by atoms with Crippen LogP contribution in [-0.4, -0.2) is 18.5 Å². The summed E-state index contributed by atoms with van der Waals surface area (Å²) in [7, 11) is 0. The van der Waals surface area contributed by atoms with Gasteiger partial charge in [0.1, 0.15) is 5.78 Å². The molecule has 2 nitrogen and oxygen atoms in total. The first-order valence-electron chi connectivity index (χ1n) is 7.34. The Balaban J connectivity index is 1.83. The van der Waals surface area contributed by atoms with E-state index in [1.165, 1.54) is 32.1 Å². The molecule has 0 aromatic carbocycles. The molecule has 0 aromatic heterocycles. The molecule has 2 aliphatic rings. The predicted octanol–water partition coefficient (Wildman–Crippen LogP) is 3.73. The van der Waals surface area contributed by atoms with Crippen LogP contribution < -0.4 is 0 Å². The third-order valence-corrected chi connectivity index (χ3v) is 4.65. The zero-order valence-electron chi connectivity index (χ0n) is 11.3. The van der Waals surface area contributed by atoms with Crippen molar-refractivity contribution in [2.45, 2.75) is 71.3 Å². The Labute approximate surface area is 105 Å². The van der Waals surface area contributed by atoms with Gasteiger partial charge in [-0.3, -0.25) is 4.79 Å². The van der Waals surface area contributed by atoms with E-state index in [0.29, 0.717) is 18.1 Å². The molecule has 0 radical (unpaired) electrons. The van der Waals surface area contributed by atoms with Gasteiger partial charge in [-0.05, 0) is 25.2 Å². The van der Waals surface area contributed by atoms with Crippen molar-refractivity contribution >= 4 is 5.78 Å². The van der Waals surface area contributed by atoms with Crippen LogP contribution in [-0.2, 0) is 9.53 Å². The van der Waals surface area contributed by atoms with Crippen molar-refractivity contribution in [3.63, 3.8) is 0 Å². The van der Waals surface area contributed by atoms with Crippen LogP contribution in [0.1, 0.15) is 65.2 Å². The van der Waals surface area contributed by atoms with Gasteiger partial charge in [-0.2, -0.15) is 0 Å². The molecule has 0 heterocycles. The monoisotopic (exact) mass is 238 g/mol. The second-order valence-electron chi connectivity index (χ2n) is 6.06. The SMILES string of the molecule is CCCC(C)COC1CC(=O)C12CCCCC2. The van der Waals surface area contributed by atoms with Gasteiger partial charge in [0.25, 0.3) is 0 Å². The maximum absolute atomic E-state index is 11.9. The summed E-state index contributed by atoms with van der Waals surface area (Å²) >= 11 is 0. The van der Waals surface area contributed by atoms with Gasteiger partial charge >= 0.3 is 0 Å². The summed E-state index contributed by atoms with van der Waals surface area (Å²) < 4.78 is 6.04. The van der Waals surface area contributed by atoms with Gasteiger partial charge in [0.15, 0.2) is 0 Å². The average molecular weight is 238 g/mol. The molecule has 2 heteroatoms. The largest absolute Gasteiger partial charge is 0.376 e. The summed E-state index contributed by atoms with van der Waals surface area (Å²) in [5, 5.41) is 0. The average Bonchev–Trinajstić information content (AvgIpc) is 2.35. The summed E-state index contributed by atoms with van der Waals surface area (Å²) in [6.45, 7) is 5.30. The van der Waals surface area contributed by atoms with Gasteiger partial charge in [-0.25, -0.2) is 0 Å². The fraction of sp³-hybridized carbons (Fsp3) is 0.933. The third-order valence-electron chi connectivity index (χ3n) is 4.65. The second kappa shape index (κ2) is 5.51. The molecule has 2 rings (SSSR count). The normalized spacial score (nSPS) is 29.1. The van der Waals surface area contributed by atoms with Crippen LogP contribution in [0.5, 0.6) is 0 Å². The highest BCUT2D eigenvalue weighted by Gasteiger charge is 2.55. The molecule has 0 aliphatic heterocycles. The number of carbonyl (C=O) groups excluding carboxylic acids is 1. The maximum atomic E-state index is 11.9. The van der Waals surface area contributed by atoms with Gasteiger partial charge in [0.05, 0.1) is 11.5 Å². The lowest BCUT2D eigenvalue weighted by Crippen LogP contribution is -2.56. The van der Waals surface area contributed by atoms with Crippen molar-refractivity contribution in [3.8, 4) is 0 Å². The Morgan fingerprint density at radius 1 is 1.35 bits per heavy atom. The van der Waals surface area contributed by atoms with E-state index < -0.39 is 0 Å².